The van der Waals surface area contributed by atoms with Gasteiger partial charge in [-0.2, -0.15) is 5.10 Å². The lowest BCUT2D eigenvalue weighted by atomic mass is 9.83. The highest BCUT2D eigenvalue weighted by molar-refractivity contribution is 6.13. The Morgan fingerprint density at radius 1 is 1.03 bits per heavy atom. The molecule has 1 fully saturated rings. The first-order valence-electron chi connectivity index (χ1n) is 13.1. The molecule has 1 saturated carbocycles. The number of hydrogen-bond donors (Lipinski definition) is 2. The molecule has 206 valence electrons. The van der Waals surface area contributed by atoms with Crippen molar-refractivity contribution >= 4 is 41.0 Å². The van der Waals surface area contributed by atoms with E-state index in [0.29, 0.717) is 11.4 Å². The van der Waals surface area contributed by atoms with Gasteiger partial charge in [-0.15, -0.1) is 0 Å². The normalized spacial score (nSPS) is 16.2. The van der Waals surface area contributed by atoms with Crippen molar-refractivity contribution in [2.45, 2.75) is 58.5 Å². The zero-order chi connectivity index (χ0) is 28.2. The van der Waals surface area contributed by atoms with Crippen LogP contribution in [-0.2, 0) is 14.3 Å². The molecule has 0 bridgehead atoms. The van der Waals surface area contributed by atoms with E-state index in [1.54, 1.807) is 39.0 Å². The number of para-hydroxylation sites is 1. The molecule has 0 unspecified atom stereocenters. The largest absolute Gasteiger partial charge is 0.478 e. The third kappa shape index (κ3) is 7.01. The zero-order valence-corrected chi connectivity index (χ0v) is 22.5. The van der Waals surface area contributed by atoms with Crippen LogP contribution in [0.25, 0.3) is 0 Å². The Hall–Kier alpha value is -4.21. The number of hydrogen-bond acceptors (Lipinski definition) is 6. The third-order valence-corrected chi connectivity index (χ3v) is 6.54. The molecule has 2 aromatic carbocycles. The van der Waals surface area contributed by atoms with Crippen LogP contribution in [0.2, 0.25) is 0 Å². The molecule has 1 aliphatic heterocycles. The van der Waals surface area contributed by atoms with Crippen LogP contribution in [0.15, 0.2) is 53.6 Å². The molecule has 0 saturated heterocycles. The van der Waals surface area contributed by atoms with Gasteiger partial charge in [-0.3, -0.25) is 14.5 Å². The van der Waals surface area contributed by atoms with Crippen LogP contribution in [-0.4, -0.2) is 58.4 Å². The number of hydrazone groups is 1. The lowest BCUT2D eigenvalue weighted by Crippen LogP contribution is -2.46. The minimum absolute atomic E-state index is 0.0234. The summed E-state index contributed by atoms with van der Waals surface area (Å²) >= 11 is 0. The number of amides is 3. The summed E-state index contributed by atoms with van der Waals surface area (Å²) < 4.78 is 5.50. The number of carbonyl (C=O) groups excluding carboxylic acids is 3. The van der Waals surface area contributed by atoms with E-state index in [2.05, 4.69) is 5.32 Å². The minimum atomic E-state index is -1.12. The Kier molecular flexibility index (Phi) is 8.32. The monoisotopic (exact) mass is 534 g/mol. The molecule has 1 aliphatic carbocycles. The van der Waals surface area contributed by atoms with Crippen molar-refractivity contribution in [3.63, 3.8) is 0 Å². The van der Waals surface area contributed by atoms with Crippen LogP contribution in [0.5, 0.6) is 0 Å². The smallest absolute Gasteiger partial charge is 0.345 e. The molecule has 10 heteroatoms. The van der Waals surface area contributed by atoms with Crippen molar-refractivity contribution in [1.82, 2.24) is 5.01 Å². The summed E-state index contributed by atoms with van der Waals surface area (Å²) in [6, 6.07) is 12.5. The van der Waals surface area contributed by atoms with E-state index < -0.39 is 36.0 Å². The molecule has 10 nitrogen and oxygen atoms in total. The predicted octanol–water partition coefficient (Wildman–Crippen LogP) is 4.89. The van der Waals surface area contributed by atoms with Gasteiger partial charge in [0.25, 0.3) is 0 Å². The molecule has 2 N–H and O–H groups in total. The molecule has 0 radical (unpaired) electrons. The summed E-state index contributed by atoms with van der Waals surface area (Å²) in [5.41, 5.74) is 1.57. The van der Waals surface area contributed by atoms with E-state index in [9.17, 15) is 24.3 Å². The topological polar surface area (TPSA) is 129 Å². The van der Waals surface area contributed by atoms with Crippen molar-refractivity contribution < 1.29 is 29.0 Å². The Balaban J connectivity index is 1.67. The Morgan fingerprint density at radius 2 is 1.74 bits per heavy atom. The van der Waals surface area contributed by atoms with Gasteiger partial charge >= 0.3 is 18.0 Å². The summed E-state index contributed by atoms with van der Waals surface area (Å²) in [5.74, 6) is -2.15. The first kappa shape index (κ1) is 27.8. The van der Waals surface area contributed by atoms with Gasteiger partial charge in [0.15, 0.2) is 0 Å². The first-order valence-corrected chi connectivity index (χ1v) is 13.1. The Labute approximate surface area is 227 Å². The Morgan fingerprint density at radius 3 is 2.44 bits per heavy atom. The molecule has 0 aromatic heterocycles. The number of carbonyl (C=O) groups is 4. The van der Waals surface area contributed by atoms with Gasteiger partial charge in [0.1, 0.15) is 18.7 Å². The van der Waals surface area contributed by atoms with Crippen LogP contribution in [0.4, 0.5) is 16.2 Å². The number of fused-ring (bicyclic) bond motifs is 1. The SMILES string of the molecule is CC(C)(C)OC(=O)CN1C(=O)N(CC(=O)Nc2cccc(C(=O)O)c2)N=C(C2CCCCC2)c2ccccc21. The average molecular weight is 535 g/mol. The highest BCUT2D eigenvalue weighted by Crippen LogP contribution is 2.34. The second kappa shape index (κ2) is 11.7. The number of benzene rings is 2. The number of nitrogens with one attached hydrogen (secondary N) is 1. The summed E-state index contributed by atoms with van der Waals surface area (Å²) in [6.45, 7) is 4.49. The number of carboxylic acid groups (broad SMARTS) is 1. The van der Waals surface area contributed by atoms with E-state index in [4.69, 9.17) is 9.84 Å². The summed E-state index contributed by atoms with van der Waals surface area (Å²) in [4.78, 5) is 52.4. The van der Waals surface area contributed by atoms with E-state index in [1.165, 1.54) is 23.1 Å². The molecular weight excluding hydrogens is 500 g/mol. The van der Waals surface area contributed by atoms with Gasteiger partial charge in [0.05, 0.1) is 17.0 Å². The maximum atomic E-state index is 13.8. The molecular formula is C29H34N4O6. The number of aromatic carboxylic acids is 1. The quantitative estimate of drug-likeness (QED) is 0.487. The van der Waals surface area contributed by atoms with Crippen molar-refractivity contribution in [2.24, 2.45) is 11.0 Å². The van der Waals surface area contributed by atoms with E-state index >= 15 is 0 Å². The van der Waals surface area contributed by atoms with E-state index in [0.717, 1.165) is 42.7 Å². The van der Waals surface area contributed by atoms with Crippen LogP contribution in [0, 0.1) is 5.92 Å². The maximum Gasteiger partial charge on any atom is 0.345 e. The number of anilines is 2. The highest BCUT2D eigenvalue weighted by atomic mass is 16.6. The molecule has 2 aromatic rings. The summed E-state index contributed by atoms with van der Waals surface area (Å²) in [7, 11) is 0. The zero-order valence-electron chi connectivity index (χ0n) is 22.5. The number of carboxylic acids is 1. The highest BCUT2D eigenvalue weighted by Gasteiger charge is 2.35. The van der Waals surface area contributed by atoms with Gasteiger partial charge in [-0.05, 0) is 57.9 Å². The molecule has 2 aliphatic rings. The third-order valence-electron chi connectivity index (χ3n) is 6.54. The number of rotatable bonds is 7. The van der Waals surface area contributed by atoms with E-state index in [-0.39, 0.29) is 23.7 Å². The molecule has 39 heavy (non-hydrogen) atoms. The van der Waals surface area contributed by atoms with Gasteiger partial charge in [0, 0.05) is 17.2 Å². The number of urea groups is 1. The lowest BCUT2D eigenvalue weighted by molar-refractivity contribution is -0.152. The molecule has 0 spiro atoms. The molecule has 1 heterocycles. The molecule has 4 rings (SSSR count). The van der Waals surface area contributed by atoms with Gasteiger partial charge in [-0.25, -0.2) is 14.6 Å². The van der Waals surface area contributed by atoms with Gasteiger partial charge in [-0.1, -0.05) is 43.5 Å². The number of nitrogens with zero attached hydrogens (tertiary/aromatic N) is 3. The van der Waals surface area contributed by atoms with Crippen LogP contribution < -0.4 is 10.2 Å². The molecule has 3 amide bonds. The van der Waals surface area contributed by atoms with E-state index in [1.807, 2.05) is 12.1 Å². The standard InChI is InChI=1S/C29H34N4O6/c1-29(2,3)39-25(35)18-32-23-15-8-7-14-22(23)26(19-10-5-4-6-11-19)31-33(28(32)38)17-24(34)30-21-13-9-12-20(16-21)27(36)37/h7-9,12-16,19H,4-6,10-11,17-18H2,1-3H3,(H,30,34)(H,36,37). The minimum Gasteiger partial charge on any atom is -0.478 e. The second-order valence-electron chi connectivity index (χ2n) is 10.8. The van der Waals surface area contributed by atoms with Crippen molar-refractivity contribution in [3.8, 4) is 0 Å². The number of ether oxygens (including phenoxy) is 1. The first-order chi connectivity index (χ1) is 18.5. The van der Waals surface area contributed by atoms with Crippen LogP contribution in [0.3, 0.4) is 0 Å². The van der Waals surface area contributed by atoms with Crippen molar-refractivity contribution in [2.75, 3.05) is 23.3 Å². The maximum absolute atomic E-state index is 13.8. The second-order valence-corrected chi connectivity index (χ2v) is 10.8. The fraction of sp³-hybridized carbons (Fsp3) is 0.414. The van der Waals surface area contributed by atoms with Crippen LogP contribution in [0.1, 0.15) is 68.8 Å². The average Bonchev–Trinajstić information content (AvgIpc) is 2.99. The fourth-order valence-corrected chi connectivity index (χ4v) is 4.90. The van der Waals surface area contributed by atoms with Crippen LogP contribution >= 0.6 is 0 Å². The van der Waals surface area contributed by atoms with Crippen molar-refractivity contribution in [3.05, 3.63) is 59.7 Å². The predicted molar refractivity (Wildman–Crippen MR) is 147 cm³/mol. The lowest BCUT2D eigenvalue weighted by Gasteiger charge is -2.27. The van der Waals surface area contributed by atoms with Crippen molar-refractivity contribution in [1.29, 1.82) is 0 Å². The fourth-order valence-electron chi connectivity index (χ4n) is 4.90. The Bertz CT molecular complexity index is 1290. The van der Waals surface area contributed by atoms with Gasteiger partial charge in [0.2, 0.25) is 5.91 Å². The van der Waals surface area contributed by atoms with Gasteiger partial charge < -0.3 is 15.2 Å². The number of esters is 1. The summed E-state index contributed by atoms with van der Waals surface area (Å²) in [5, 5.41) is 17.7. The summed E-state index contributed by atoms with van der Waals surface area (Å²) in [6.07, 6.45) is 5.05. The molecule has 0 atom stereocenters.